The maximum atomic E-state index is 12.8. The fraction of sp³-hybridized carbons (Fsp3) is 0.261. The summed E-state index contributed by atoms with van der Waals surface area (Å²) in [6.45, 7) is 3.84. The van der Waals surface area contributed by atoms with Gasteiger partial charge in [-0.25, -0.2) is 4.79 Å². The van der Waals surface area contributed by atoms with Crippen LogP contribution in [0.3, 0.4) is 0 Å². The summed E-state index contributed by atoms with van der Waals surface area (Å²) >= 11 is 0. The van der Waals surface area contributed by atoms with Crippen molar-refractivity contribution in [3.8, 4) is 5.75 Å². The van der Waals surface area contributed by atoms with E-state index in [1.807, 2.05) is 32.1 Å². The molecule has 0 spiro atoms. The molecule has 142 valence electrons. The zero-order chi connectivity index (χ0) is 19.8. The molecule has 5 heteroatoms. The van der Waals surface area contributed by atoms with E-state index >= 15 is 0 Å². The van der Waals surface area contributed by atoms with Crippen molar-refractivity contribution in [3.05, 3.63) is 71.3 Å². The first-order valence-corrected chi connectivity index (χ1v) is 9.37. The third-order valence-electron chi connectivity index (χ3n) is 5.49. The summed E-state index contributed by atoms with van der Waals surface area (Å²) in [7, 11) is 0. The van der Waals surface area contributed by atoms with Gasteiger partial charge in [-0.3, -0.25) is 14.5 Å². The van der Waals surface area contributed by atoms with Gasteiger partial charge in [0.05, 0.1) is 23.1 Å². The maximum absolute atomic E-state index is 12.8. The van der Waals surface area contributed by atoms with Crippen LogP contribution in [0.2, 0.25) is 0 Å². The van der Waals surface area contributed by atoms with Gasteiger partial charge in [-0.15, -0.1) is 0 Å². The summed E-state index contributed by atoms with van der Waals surface area (Å²) < 4.78 is 5.43. The van der Waals surface area contributed by atoms with Gasteiger partial charge < -0.3 is 4.74 Å². The number of ether oxygens (including phenoxy) is 1. The second-order valence-corrected chi connectivity index (χ2v) is 7.41. The maximum Gasteiger partial charge on any atom is 0.343 e. The van der Waals surface area contributed by atoms with Crippen LogP contribution >= 0.6 is 0 Å². The van der Waals surface area contributed by atoms with Crippen LogP contribution in [0.4, 0.5) is 5.69 Å². The molecular weight excluding hydrogens is 354 g/mol. The molecule has 0 bridgehead atoms. The first-order chi connectivity index (χ1) is 13.5. The van der Waals surface area contributed by atoms with Gasteiger partial charge in [0, 0.05) is 0 Å². The molecule has 1 aliphatic heterocycles. The van der Waals surface area contributed by atoms with Crippen molar-refractivity contribution in [2.45, 2.75) is 26.7 Å². The highest BCUT2D eigenvalue weighted by atomic mass is 16.5. The number of fused-ring (bicyclic) bond motifs is 1. The van der Waals surface area contributed by atoms with Gasteiger partial charge >= 0.3 is 5.97 Å². The number of benzene rings is 2. The molecule has 28 heavy (non-hydrogen) atoms. The number of hydrogen-bond donors (Lipinski definition) is 0. The Morgan fingerprint density at radius 2 is 1.64 bits per heavy atom. The Hall–Kier alpha value is -3.21. The Kier molecular flexibility index (Phi) is 4.59. The summed E-state index contributed by atoms with van der Waals surface area (Å²) in [5, 5.41) is 0. The number of amides is 2. The van der Waals surface area contributed by atoms with Crippen molar-refractivity contribution in [2.24, 2.45) is 11.8 Å². The Morgan fingerprint density at radius 1 is 0.964 bits per heavy atom. The average molecular weight is 375 g/mol. The van der Waals surface area contributed by atoms with Crippen molar-refractivity contribution < 1.29 is 19.1 Å². The van der Waals surface area contributed by atoms with E-state index in [2.05, 4.69) is 0 Å². The van der Waals surface area contributed by atoms with E-state index in [0.29, 0.717) is 29.8 Å². The molecule has 4 rings (SSSR count). The van der Waals surface area contributed by atoms with E-state index in [1.165, 1.54) is 4.90 Å². The lowest BCUT2D eigenvalue weighted by molar-refractivity contribution is -0.122. The zero-order valence-electron chi connectivity index (χ0n) is 15.8. The molecule has 1 heterocycles. The minimum absolute atomic E-state index is 0.146. The van der Waals surface area contributed by atoms with Crippen molar-refractivity contribution in [1.82, 2.24) is 0 Å². The lowest BCUT2D eigenvalue weighted by Crippen LogP contribution is -2.30. The number of imide groups is 1. The number of nitrogens with zero attached hydrogens (tertiary/aromatic N) is 1. The lowest BCUT2D eigenvalue weighted by Gasteiger charge is -2.18. The van der Waals surface area contributed by atoms with Crippen LogP contribution in [0.1, 0.15) is 35.7 Å². The number of rotatable bonds is 3. The lowest BCUT2D eigenvalue weighted by atomic mass is 9.82. The number of allylic oxidation sites excluding steroid dienone is 2. The van der Waals surface area contributed by atoms with Crippen LogP contribution in [0.15, 0.2) is 60.2 Å². The molecule has 2 atom stereocenters. The first-order valence-electron chi connectivity index (χ1n) is 9.37. The second-order valence-electron chi connectivity index (χ2n) is 7.41. The molecule has 0 N–H and O–H groups in total. The average Bonchev–Trinajstić information content (AvgIpc) is 2.93. The SMILES string of the molecule is CC1=CC[C@@H]2C(=O)N(c3ccc(OC(=O)c4ccccc4C)cc3)C(=O)[C@H]2C1. The molecule has 2 aromatic carbocycles. The van der Waals surface area contributed by atoms with Gasteiger partial charge in [-0.1, -0.05) is 29.8 Å². The topological polar surface area (TPSA) is 63.7 Å². The molecule has 2 aromatic rings. The standard InChI is InChI=1S/C23H21NO4/c1-14-7-12-19-20(13-14)22(26)24(21(19)25)16-8-10-17(11-9-16)28-23(27)18-6-4-3-5-15(18)2/h3-11,19-20H,12-13H2,1-2H3/t19-,20-/m0/s1. The fourth-order valence-corrected chi connectivity index (χ4v) is 3.92. The molecule has 1 aliphatic carbocycles. The van der Waals surface area contributed by atoms with Crippen LogP contribution in [0.25, 0.3) is 0 Å². The molecule has 1 saturated heterocycles. The van der Waals surface area contributed by atoms with Crippen LogP contribution in [-0.4, -0.2) is 17.8 Å². The molecule has 2 amide bonds. The number of carbonyl (C=O) groups is 3. The Bertz CT molecular complexity index is 990. The van der Waals surface area contributed by atoms with Crippen LogP contribution in [-0.2, 0) is 9.59 Å². The molecule has 0 aromatic heterocycles. The Balaban J connectivity index is 1.51. The normalized spacial score (nSPS) is 21.4. The van der Waals surface area contributed by atoms with Gasteiger partial charge in [-0.05, 0) is 62.6 Å². The number of esters is 1. The highest BCUT2D eigenvalue weighted by molar-refractivity contribution is 6.22. The van der Waals surface area contributed by atoms with Gasteiger partial charge in [0.1, 0.15) is 5.75 Å². The van der Waals surface area contributed by atoms with Gasteiger partial charge in [0.2, 0.25) is 11.8 Å². The summed E-state index contributed by atoms with van der Waals surface area (Å²) in [4.78, 5) is 39.1. The van der Waals surface area contributed by atoms with Crippen molar-refractivity contribution in [3.63, 3.8) is 0 Å². The predicted octanol–water partition coefficient (Wildman–Crippen LogP) is 4.06. The molecule has 0 saturated carbocycles. The van der Waals surface area contributed by atoms with E-state index in [4.69, 9.17) is 4.74 Å². The monoisotopic (exact) mass is 375 g/mol. The van der Waals surface area contributed by atoms with E-state index < -0.39 is 5.97 Å². The van der Waals surface area contributed by atoms with E-state index in [9.17, 15) is 14.4 Å². The van der Waals surface area contributed by atoms with E-state index in [0.717, 1.165) is 11.1 Å². The summed E-state index contributed by atoms with van der Waals surface area (Å²) in [6, 6.07) is 13.7. The van der Waals surface area contributed by atoms with Crippen molar-refractivity contribution in [2.75, 3.05) is 4.90 Å². The van der Waals surface area contributed by atoms with Crippen LogP contribution in [0.5, 0.6) is 5.75 Å². The largest absolute Gasteiger partial charge is 0.423 e. The highest BCUT2D eigenvalue weighted by Gasteiger charge is 2.48. The fourth-order valence-electron chi connectivity index (χ4n) is 3.92. The van der Waals surface area contributed by atoms with E-state index in [-0.39, 0.29) is 23.7 Å². The summed E-state index contributed by atoms with van der Waals surface area (Å²) in [5.41, 5.74) is 3.01. The molecular formula is C23H21NO4. The van der Waals surface area contributed by atoms with E-state index in [1.54, 1.807) is 36.4 Å². The summed E-state index contributed by atoms with van der Waals surface area (Å²) in [6.07, 6.45) is 3.30. The third kappa shape index (κ3) is 3.13. The van der Waals surface area contributed by atoms with Crippen LogP contribution < -0.4 is 9.64 Å². The number of aryl methyl sites for hydroxylation is 1. The smallest absolute Gasteiger partial charge is 0.343 e. The molecule has 0 radical (unpaired) electrons. The second kappa shape index (κ2) is 7.08. The van der Waals surface area contributed by atoms with Crippen molar-refractivity contribution >= 4 is 23.5 Å². The predicted molar refractivity (Wildman–Crippen MR) is 105 cm³/mol. The Labute approximate surface area is 163 Å². The number of carbonyl (C=O) groups excluding carboxylic acids is 3. The molecule has 0 unspecified atom stereocenters. The molecule has 2 aliphatic rings. The molecule has 1 fully saturated rings. The van der Waals surface area contributed by atoms with Crippen LogP contribution in [0, 0.1) is 18.8 Å². The highest BCUT2D eigenvalue weighted by Crippen LogP contribution is 2.40. The van der Waals surface area contributed by atoms with Crippen molar-refractivity contribution in [1.29, 1.82) is 0 Å². The third-order valence-corrected chi connectivity index (χ3v) is 5.49. The summed E-state index contributed by atoms with van der Waals surface area (Å²) in [5.74, 6) is -0.904. The minimum atomic E-state index is -0.438. The Morgan fingerprint density at radius 3 is 2.36 bits per heavy atom. The molecule has 5 nitrogen and oxygen atoms in total. The quantitative estimate of drug-likeness (QED) is 0.351. The van der Waals surface area contributed by atoms with Gasteiger partial charge in [-0.2, -0.15) is 0 Å². The minimum Gasteiger partial charge on any atom is -0.423 e. The zero-order valence-corrected chi connectivity index (χ0v) is 15.8. The number of anilines is 1. The first kappa shape index (κ1) is 18.2. The van der Waals surface area contributed by atoms with Gasteiger partial charge in [0.15, 0.2) is 0 Å². The number of hydrogen-bond acceptors (Lipinski definition) is 4. The van der Waals surface area contributed by atoms with Gasteiger partial charge in [0.25, 0.3) is 0 Å².